The lowest BCUT2D eigenvalue weighted by molar-refractivity contribution is -0.142. The van der Waals surface area contributed by atoms with Gasteiger partial charge in [-0.25, -0.2) is 8.42 Å². The lowest BCUT2D eigenvalue weighted by atomic mass is 9.87. The minimum absolute atomic E-state index is 0.0349. The van der Waals surface area contributed by atoms with Crippen LogP contribution in [0, 0.1) is 5.92 Å². The third-order valence-electron chi connectivity index (χ3n) is 6.05. The zero-order chi connectivity index (χ0) is 17.9. The largest absolute Gasteiger partial charge is 0.339 e. The second-order valence-corrected chi connectivity index (χ2v) is 9.94. The van der Waals surface area contributed by atoms with E-state index in [1.54, 1.807) is 4.31 Å². The van der Waals surface area contributed by atoms with Crippen LogP contribution < -0.4 is 0 Å². The van der Waals surface area contributed by atoms with E-state index in [0.29, 0.717) is 19.6 Å². The lowest BCUT2D eigenvalue weighted by Gasteiger charge is -2.46. The standard InChI is InChI=1S/C18H33N3O3S/c1-25(23,24)21(13-12-19-10-6-3-7-11-19)17-14-20(15-17)18(22)16-8-4-2-5-9-16/h16-17H,2-15H2,1H3. The van der Waals surface area contributed by atoms with Crippen molar-refractivity contribution >= 4 is 15.9 Å². The highest BCUT2D eigenvalue weighted by Crippen LogP contribution is 2.28. The van der Waals surface area contributed by atoms with Crippen LogP contribution in [0.15, 0.2) is 0 Å². The first kappa shape index (κ1) is 19.1. The summed E-state index contributed by atoms with van der Waals surface area (Å²) < 4.78 is 26.1. The Morgan fingerprint density at radius 2 is 1.60 bits per heavy atom. The average molecular weight is 372 g/mol. The first-order chi connectivity index (χ1) is 11.9. The van der Waals surface area contributed by atoms with E-state index in [4.69, 9.17) is 0 Å². The second-order valence-electron chi connectivity index (χ2n) is 8.01. The van der Waals surface area contributed by atoms with Gasteiger partial charge in [0.25, 0.3) is 0 Å². The quantitative estimate of drug-likeness (QED) is 0.710. The van der Waals surface area contributed by atoms with E-state index in [1.807, 2.05) is 4.90 Å². The molecule has 3 fully saturated rings. The third-order valence-corrected chi connectivity index (χ3v) is 7.38. The maximum absolute atomic E-state index is 12.6. The van der Waals surface area contributed by atoms with Crippen molar-refractivity contribution in [1.82, 2.24) is 14.1 Å². The molecule has 3 aliphatic rings. The Morgan fingerprint density at radius 1 is 1.00 bits per heavy atom. The molecule has 25 heavy (non-hydrogen) atoms. The van der Waals surface area contributed by atoms with E-state index in [0.717, 1.165) is 45.3 Å². The summed E-state index contributed by atoms with van der Waals surface area (Å²) in [6, 6.07) is -0.0349. The maximum Gasteiger partial charge on any atom is 0.225 e. The number of carbonyl (C=O) groups is 1. The molecule has 0 spiro atoms. The van der Waals surface area contributed by atoms with E-state index >= 15 is 0 Å². The Hall–Kier alpha value is -0.660. The first-order valence-electron chi connectivity index (χ1n) is 9.93. The summed E-state index contributed by atoms with van der Waals surface area (Å²) in [4.78, 5) is 16.8. The number of likely N-dealkylation sites (tertiary alicyclic amines) is 2. The summed E-state index contributed by atoms with van der Waals surface area (Å²) in [6.45, 7) is 4.66. The number of nitrogens with zero attached hydrogens (tertiary/aromatic N) is 3. The fourth-order valence-corrected chi connectivity index (χ4v) is 5.56. The number of carbonyl (C=O) groups excluding carboxylic acids is 1. The number of hydrogen-bond donors (Lipinski definition) is 0. The number of hydrogen-bond acceptors (Lipinski definition) is 4. The molecule has 1 aliphatic carbocycles. The molecule has 1 saturated carbocycles. The Labute approximate surface area is 152 Å². The zero-order valence-corrected chi connectivity index (χ0v) is 16.3. The lowest BCUT2D eigenvalue weighted by Crippen LogP contribution is -2.63. The van der Waals surface area contributed by atoms with Crippen molar-refractivity contribution in [3.63, 3.8) is 0 Å². The molecule has 0 radical (unpaired) electrons. The van der Waals surface area contributed by atoms with Gasteiger partial charge >= 0.3 is 0 Å². The molecule has 0 bridgehead atoms. The fourth-order valence-electron chi connectivity index (χ4n) is 4.47. The summed E-state index contributed by atoms with van der Waals surface area (Å²) in [5.74, 6) is 0.426. The van der Waals surface area contributed by atoms with Gasteiger partial charge in [0.05, 0.1) is 12.3 Å². The minimum Gasteiger partial charge on any atom is -0.339 e. The molecule has 1 amide bonds. The molecule has 6 nitrogen and oxygen atoms in total. The van der Waals surface area contributed by atoms with E-state index in [1.165, 1.54) is 31.9 Å². The predicted octanol–water partition coefficient (Wildman–Crippen LogP) is 1.53. The van der Waals surface area contributed by atoms with Crippen molar-refractivity contribution in [2.45, 2.75) is 57.4 Å². The number of rotatable bonds is 6. The van der Waals surface area contributed by atoms with Gasteiger partial charge in [0.1, 0.15) is 0 Å². The normalized spacial score (nSPS) is 24.5. The molecule has 144 valence electrons. The Bertz CT molecular complexity index is 548. The summed E-state index contributed by atoms with van der Waals surface area (Å²) in [7, 11) is -3.23. The van der Waals surface area contributed by atoms with Gasteiger partial charge in [-0.2, -0.15) is 4.31 Å². The second kappa shape index (κ2) is 8.35. The van der Waals surface area contributed by atoms with Gasteiger partial charge in [0.2, 0.25) is 15.9 Å². The topological polar surface area (TPSA) is 60.9 Å². The van der Waals surface area contributed by atoms with Crippen molar-refractivity contribution in [2.24, 2.45) is 5.92 Å². The van der Waals surface area contributed by atoms with Gasteiger partial charge in [-0.1, -0.05) is 25.7 Å². The molecular formula is C18H33N3O3S. The summed E-state index contributed by atoms with van der Waals surface area (Å²) in [5.41, 5.74) is 0. The van der Waals surface area contributed by atoms with Crippen LogP contribution in [0.2, 0.25) is 0 Å². The van der Waals surface area contributed by atoms with Crippen molar-refractivity contribution in [3.05, 3.63) is 0 Å². The Kier molecular flexibility index (Phi) is 6.39. The minimum atomic E-state index is -3.23. The van der Waals surface area contributed by atoms with E-state index < -0.39 is 10.0 Å². The first-order valence-corrected chi connectivity index (χ1v) is 11.8. The molecular weight excluding hydrogens is 338 g/mol. The SMILES string of the molecule is CS(=O)(=O)N(CCN1CCCCC1)C1CN(C(=O)C2CCCCC2)C1. The van der Waals surface area contributed by atoms with E-state index in [9.17, 15) is 13.2 Å². The molecule has 2 heterocycles. The van der Waals surface area contributed by atoms with Crippen LogP contribution in [0.4, 0.5) is 0 Å². The predicted molar refractivity (Wildman–Crippen MR) is 98.8 cm³/mol. The van der Waals surface area contributed by atoms with Crippen molar-refractivity contribution < 1.29 is 13.2 Å². The molecule has 0 unspecified atom stereocenters. The monoisotopic (exact) mass is 371 g/mol. The summed E-state index contributed by atoms with van der Waals surface area (Å²) in [5, 5.41) is 0. The van der Waals surface area contributed by atoms with Crippen LogP contribution >= 0.6 is 0 Å². The highest BCUT2D eigenvalue weighted by Gasteiger charge is 2.40. The van der Waals surface area contributed by atoms with Crippen molar-refractivity contribution in [3.8, 4) is 0 Å². The molecule has 0 atom stereocenters. The van der Waals surface area contributed by atoms with Crippen LogP contribution in [0.3, 0.4) is 0 Å². The summed E-state index contributed by atoms with van der Waals surface area (Å²) in [6.07, 6.45) is 10.6. The summed E-state index contributed by atoms with van der Waals surface area (Å²) >= 11 is 0. The fraction of sp³-hybridized carbons (Fsp3) is 0.944. The molecule has 0 N–H and O–H groups in total. The molecule has 2 aliphatic heterocycles. The average Bonchev–Trinajstić information content (AvgIpc) is 2.57. The van der Waals surface area contributed by atoms with Crippen LogP contribution in [0.5, 0.6) is 0 Å². The van der Waals surface area contributed by atoms with Gasteiger partial charge in [-0.05, 0) is 38.8 Å². The molecule has 7 heteroatoms. The molecule has 2 saturated heterocycles. The molecule has 0 aromatic carbocycles. The Morgan fingerprint density at radius 3 is 2.20 bits per heavy atom. The smallest absolute Gasteiger partial charge is 0.225 e. The van der Waals surface area contributed by atoms with Gasteiger partial charge in [-0.3, -0.25) is 4.79 Å². The molecule has 3 rings (SSSR count). The van der Waals surface area contributed by atoms with Crippen LogP contribution in [-0.2, 0) is 14.8 Å². The maximum atomic E-state index is 12.6. The van der Waals surface area contributed by atoms with Crippen LogP contribution in [0.25, 0.3) is 0 Å². The highest BCUT2D eigenvalue weighted by molar-refractivity contribution is 7.88. The highest BCUT2D eigenvalue weighted by atomic mass is 32.2. The van der Waals surface area contributed by atoms with Gasteiger partial charge in [0.15, 0.2) is 0 Å². The van der Waals surface area contributed by atoms with Gasteiger partial charge in [-0.15, -0.1) is 0 Å². The van der Waals surface area contributed by atoms with Crippen molar-refractivity contribution in [2.75, 3.05) is 45.5 Å². The number of piperidine rings is 1. The third kappa shape index (κ3) is 4.95. The number of amides is 1. The van der Waals surface area contributed by atoms with E-state index in [2.05, 4.69) is 4.90 Å². The van der Waals surface area contributed by atoms with Gasteiger partial charge < -0.3 is 9.80 Å². The van der Waals surface area contributed by atoms with Crippen molar-refractivity contribution in [1.29, 1.82) is 0 Å². The zero-order valence-electron chi connectivity index (χ0n) is 15.5. The van der Waals surface area contributed by atoms with Gasteiger partial charge in [0, 0.05) is 32.1 Å². The Balaban J connectivity index is 1.50. The molecule has 0 aromatic heterocycles. The van der Waals surface area contributed by atoms with E-state index in [-0.39, 0.29) is 17.9 Å². The van der Waals surface area contributed by atoms with Crippen LogP contribution in [0.1, 0.15) is 51.4 Å². The molecule has 0 aromatic rings. The van der Waals surface area contributed by atoms with Crippen LogP contribution in [-0.4, -0.2) is 80.0 Å². The number of sulfonamides is 1.